The van der Waals surface area contributed by atoms with Crippen molar-refractivity contribution in [2.75, 3.05) is 19.0 Å². The molecule has 0 aliphatic carbocycles. The molecule has 5 rings (SSSR count). The summed E-state index contributed by atoms with van der Waals surface area (Å²) in [6, 6.07) is 34.7. The van der Waals surface area contributed by atoms with Crippen molar-refractivity contribution < 1.29 is 14.8 Å². The van der Waals surface area contributed by atoms with E-state index in [-0.39, 0.29) is 17.1 Å². The van der Waals surface area contributed by atoms with Gasteiger partial charge in [0.2, 0.25) is 6.71 Å². The average Bonchev–Trinajstić information content (AvgIpc) is 3.05. The second-order valence-corrected chi connectivity index (χ2v) is 11.0. The molecule has 0 saturated heterocycles. The lowest BCUT2D eigenvalue weighted by atomic mass is 9.34. The quantitative estimate of drug-likeness (QED) is 0.0752. The highest BCUT2D eigenvalue weighted by atomic mass is 16.6. The molecule has 0 atom stereocenters. The predicted molar refractivity (Wildman–Crippen MR) is 182 cm³/mol. The maximum atomic E-state index is 11.6. The van der Waals surface area contributed by atoms with Crippen molar-refractivity contribution in [2.45, 2.75) is 6.92 Å². The third kappa shape index (κ3) is 6.53. The van der Waals surface area contributed by atoms with E-state index in [1.165, 1.54) is 36.4 Å². The van der Waals surface area contributed by atoms with Gasteiger partial charge in [-0.15, -0.1) is 0 Å². The zero-order valence-corrected chi connectivity index (χ0v) is 25.4. The van der Waals surface area contributed by atoms with Crippen LogP contribution in [0, 0.1) is 37.3 Å². The number of benzene rings is 5. The molecule has 0 saturated carbocycles. The third-order valence-corrected chi connectivity index (χ3v) is 7.82. The summed E-state index contributed by atoms with van der Waals surface area (Å²) in [5.74, 6) is 0. The monoisotopic (exact) mass is 612 g/mol. The van der Waals surface area contributed by atoms with E-state index in [0.717, 1.165) is 33.4 Å². The van der Waals surface area contributed by atoms with Gasteiger partial charge in [0, 0.05) is 61.7 Å². The predicted octanol–water partition coefficient (Wildman–Crippen LogP) is 6.59. The summed E-state index contributed by atoms with van der Waals surface area (Å²) >= 11 is 0. The van der Waals surface area contributed by atoms with E-state index in [1.807, 2.05) is 74.4 Å². The molecule has 0 heterocycles. The van der Waals surface area contributed by atoms with E-state index in [1.54, 1.807) is 36.4 Å². The van der Waals surface area contributed by atoms with Crippen molar-refractivity contribution >= 4 is 51.4 Å². The van der Waals surface area contributed by atoms with Crippen molar-refractivity contribution in [2.24, 2.45) is 0 Å². The summed E-state index contributed by atoms with van der Waals surface area (Å²) in [4.78, 5) is 35.4. The zero-order chi connectivity index (χ0) is 33.0. The van der Waals surface area contributed by atoms with Crippen LogP contribution in [0.15, 0.2) is 121 Å². The molecule has 228 valence electrons. The van der Waals surface area contributed by atoms with E-state index >= 15 is 0 Å². The summed E-state index contributed by atoms with van der Waals surface area (Å²) in [5, 5.41) is 34.8. The van der Waals surface area contributed by atoms with Gasteiger partial charge >= 0.3 is 0 Å². The van der Waals surface area contributed by atoms with Crippen molar-refractivity contribution in [1.82, 2.24) is 0 Å². The van der Waals surface area contributed by atoms with Crippen LogP contribution in [0.25, 0.3) is 11.0 Å². The minimum absolute atomic E-state index is 0.0732. The normalized spacial score (nSPS) is 11.4. The molecule has 0 unspecified atom stereocenters. The van der Waals surface area contributed by atoms with Crippen molar-refractivity contribution in [3.63, 3.8) is 0 Å². The molecule has 0 N–H and O–H groups in total. The van der Waals surface area contributed by atoms with Gasteiger partial charge in [0.25, 0.3) is 17.1 Å². The molecule has 5 aromatic rings. The van der Waals surface area contributed by atoms with Gasteiger partial charge in [-0.25, -0.2) is 0 Å². The molecule has 46 heavy (non-hydrogen) atoms. The largest absolute Gasteiger partial charge is 0.377 e. The molecule has 0 aliphatic heterocycles. The molecule has 0 aliphatic rings. The summed E-state index contributed by atoms with van der Waals surface area (Å²) < 4.78 is 0. The van der Waals surface area contributed by atoms with E-state index in [0.29, 0.717) is 16.5 Å². The Kier molecular flexibility index (Phi) is 9.04. The second-order valence-electron chi connectivity index (χ2n) is 11.0. The first-order chi connectivity index (χ1) is 22.0. The molecule has 0 fully saturated rings. The van der Waals surface area contributed by atoms with Crippen LogP contribution in [0.4, 0.5) is 22.7 Å². The Morgan fingerprint density at radius 1 is 0.565 bits per heavy atom. The number of rotatable bonds is 10. The first kappa shape index (κ1) is 31.3. The maximum Gasteiger partial charge on any atom is 0.269 e. The van der Waals surface area contributed by atoms with Crippen LogP contribution in [0.1, 0.15) is 22.3 Å². The highest BCUT2D eigenvalue weighted by Crippen LogP contribution is 2.39. The maximum absolute atomic E-state index is 11.6. The first-order valence-electron chi connectivity index (χ1n) is 14.4. The van der Waals surface area contributed by atoms with E-state index in [9.17, 15) is 30.3 Å². The van der Waals surface area contributed by atoms with Crippen LogP contribution in [0.5, 0.6) is 0 Å². The number of nitrogens with zero attached hydrogens (tertiary/aromatic N) is 4. The summed E-state index contributed by atoms with van der Waals surface area (Å²) in [5.41, 5.74) is 7.17. The summed E-state index contributed by atoms with van der Waals surface area (Å²) in [7, 11) is 3.89. The van der Waals surface area contributed by atoms with E-state index in [2.05, 4.69) is 0 Å². The van der Waals surface area contributed by atoms with Crippen LogP contribution in [0.3, 0.4) is 0 Å². The second kappa shape index (κ2) is 13.3. The summed E-state index contributed by atoms with van der Waals surface area (Å²) in [6.45, 7) is 1.39. The van der Waals surface area contributed by atoms with Gasteiger partial charge in [-0.2, -0.15) is 0 Å². The number of hydrogen-bond acceptors (Lipinski definition) is 7. The average molecular weight is 612 g/mol. The lowest BCUT2D eigenvalue weighted by molar-refractivity contribution is -0.385. The van der Waals surface area contributed by atoms with Gasteiger partial charge in [-0.05, 0) is 41.8 Å². The smallest absolute Gasteiger partial charge is 0.269 e. The number of hydrogen-bond donors (Lipinski definition) is 0. The Hall–Kier alpha value is -6.10. The number of para-hydroxylation sites is 1. The van der Waals surface area contributed by atoms with Gasteiger partial charge in [0.1, 0.15) is 0 Å². The fourth-order valence-electron chi connectivity index (χ4n) is 5.57. The highest BCUT2D eigenvalue weighted by molar-refractivity contribution is 7.01. The first-order valence-corrected chi connectivity index (χ1v) is 14.4. The Morgan fingerprint density at radius 2 is 0.978 bits per heavy atom. The van der Waals surface area contributed by atoms with Crippen LogP contribution in [0.2, 0.25) is 0 Å². The lowest BCUT2D eigenvalue weighted by Crippen LogP contribution is -2.44. The standard InChI is InChI=1S/C35H29BN4O6/c1-24-8-10-25(11-9-24)34(32-6-4-5-7-33(32)37(2)3)35(26-12-18-29(19-13-26)38(41)42)36(27-14-20-30(21-15-27)39(43)44)28-16-22-31(23-17-28)40(45)46/h4-23H,1-3H3/b35-34-. The molecule has 0 radical (unpaired) electrons. The van der Waals surface area contributed by atoms with Gasteiger partial charge in [0.15, 0.2) is 0 Å². The Morgan fingerprint density at radius 3 is 1.41 bits per heavy atom. The fraction of sp³-hybridized carbons (Fsp3) is 0.0857. The molecule has 5 aromatic carbocycles. The molecular weight excluding hydrogens is 583 g/mol. The van der Waals surface area contributed by atoms with Crippen LogP contribution >= 0.6 is 0 Å². The van der Waals surface area contributed by atoms with Crippen LogP contribution in [-0.4, -0.2) is 35.6 Å². The number of nitro benzene ring substituents is 3. The zero-order valence-electron chi connectivity index (χ0n) is 25.4. The molecule has 0 bridgehead atoms. The van der Waals surface area contributed by atoms with Gasteiger partial charge in [-0.1, -0.05) is 88.7 Å². The van der Waals surface area contributed by atoms with Crippen LogP contribution < -0.4 is 15.8 Å². The van der Waals surface area contributed by atoms with Crippen molar-refractivity contribution in [3.8, 4) is 0 Å². The SMILES string of the molecule is Cc1ccc(/C(=C(/B(c2ccc([N+](=O)[O-])cc2)c2ccc([N+](=O)[O-])cc2)c2ccc([N+](=O)[O-])cc2)c2ccccc2N(C)C)cc1. The molecular formula is C35H29BN4O6. The Bertz CT molecular complexity index is 1880. The fourth-order valence-corrected chi connectivity index (χ4v) is 5.57. The third-order valence-electron chi connectivity index (χ3n) is 7.82. The molecule has 10 nitrogen and oxygen atoms in total. The Labute approximate surface area is 265 Å². The molecule has 0 aromatic heterocycles. The minimum atomic E-state index is -0.602. The molecule has 11 heteroatoms. The van der Waals surface area contributed by atoms with Gasteiger partial charge < -0.3 is 4.90 Å². The van der Waals surface area contributed by atoms with Crippen molar-refractivity contribution in [3.05, 3.63) is 174 Å². The van der Waals surface area contributed by atoms with Gasteiger partial charge in [0.05, 0.1) is 14.8 Å². The Balaban J connectivity index is 1.96. The minimum Gasteiger partial charge on any atom is -0.377 e. The van der Waals surface area contributed by atoms with Crippen molar-refractivity contribution in [1.29, 1.82) is 0 Å². The topological polar surface area (TPSA) is 133 Å². The number of aryl methyl sites for hydroxylation is 1. The molecule has 0 amide bonds. The molecule has 0 spiro atoms. The van der Waals surface area contributed by atoms with E-state index in [4.69, 9.17) is 0 Å². The number of anilines is 1. The van der Waals surface area contributed by atoms with E-state index < -0.39 is 21.5 Å². The van der Waals surface area contributed by atoms with Gasteiger partial charge in [-0.3, -0.25) is 30.3 Å². The van der Waals surface area contributed by atoms with Crippen LogP contribution in [-0.2, 0) is 0 Å². The number of non-ortho nitro benzene ring substituents is 3. The number of nitro groups is 3. The summed E-state index contributed by atoms with van der Waals surface area (Å²) in [6.07, 6.45) is 0. The highest BCUT2D eigenvalue weighted by Gasteiger charge is 2.31. The lowest BCUT2D eigenvalue weighted by Gasteiger charge is -2.27.